The molecule has 2 aliphatic rings. The number of fused-ring (bicyclic) bond motifs is 1. The van der Waals surface area contributed by atoms with Crippen LogP contribution in [0.1, 0.15) is 50.8 Å². The summed E-state index contributed by atoms with van der Waals surface area (Å²) >= 11 is 0. The zero-order valence-electron chi connectivity index (χ0n) is 13.1. The highest BCUT2D eigenvalue weighted by Crippen LogP contribution is 2.50. The molecule has 2 atom stereocenters. The van der Waals surface area contributed by atoms with Gasteiger partial charge in [-0.2, -0.15) is 5.26 Å². The minimum Gasteiger partial charge on any atom is -0.484 e. The van der Waals surface area contributed by atoms with Gasteiger partial charge in [0.25, 0.3) is 0 Å². The predicted molar refractivity (Wildman–Crippen MR) is 80.2 cm³/mol. The lowest BCUT2D eigenvalue weighted by molar-refractivity contribution is -0.170. The smallest absolute Gasteiger partial charge is 0.223 e. The van der Waals surface area contributed by atoms with Crippen molar-refractivity contribution in [3.8, 4) is 11.8 Å². The summed E-state index contributed by atoms with van der Waals surface area (Å²) in [7, 11) is 0. The SMILES string of the molecule is CC1(C)Oc2ccc(C#N)cc2C(N2CCCC2=O)C1(C)O. The molecular weight excluding hydrogens is 280 g/mol. The van der Waals surface area contributed by atoms with Crippen LogP contribution in [0.15, 0.2) is 18.2 Å². The number of benzene rings is 1. The second kappa shape index (κ2) is 4.72. The van der Waals surface area contributed by atoms with E-state index in [1.54, 1.807) is 30.0 Å². The average Bonchev–Trinajstić information content (AvgIpc) is 2.85. The van der Waals surface area contributed by atoms with Gasteiger partial charge in [0.15, 0.2) is 0 Å². The molecule has 1 saturated heterocycles. The van der Waals surface area contributed by atoms with Crippen molar-refractivity contribution in [1.82, 2.24) is 4.90 Å². The lowest BCUT2D eigenvalue weighted by atomic mass is 9.74. The minimum atomic E-state index is -1.26. The predicted octanol–water partition coefficient (Wildman–Crippen LogP) is 2.14. The maximum absolute atomic E-state index is 12.2. The first-order valence-corrected chi connectivity index (χ1v) is 7.53. The third kappa shape index (κ3) is 1.98. The first-order chi connectivity index (χ1) is 10.3. The van der Waals surface area contributed by atoms with Gasteiger partial charge in [-0.25, -0.2) is 0 Å². The van der Waals surface area contributed by atoms with E-state index in [2.05, 4.69) is 6.07 Å². The Morgan fingerprint density at radius 2 is 2.14 bits per heavy atom. The van der Waals surface area contributed by atoms with E-state index >= 15 is 0 Å². The van der Waals surface area contributed by atoms with Crippen molar-refractivity contribution in [2.24, 2.45) is 0 Å². The van der Waals surface area contributed by atoms with Crippen LogP contribution in [0.25, 0.3) is 0 Å². The molecule has 0 aliphatic carbocycles. The van der Waals surface area contributed by atoms with Crippen LogP contribution in [0.4, 0.5) is 0 Å². The maximum Gasteiger partial charge on any atom is 0.223 e. The highest BCUT2D eigenvalue weighted by atomic mass is 16.5. The second-order valence-electron chi connectivity index (χ2n) is 6.72. The highest BCUT2D eigenvalue weighted by molar-refractivity contribution is 5.79. The maximum atomic E-state index is 12.2. The fourth-order valence-corrected chi connectivity index (χ4v) is 3.35. The third-order valence-electron chi connectivity index (χ3n) is 4.97. The van der Waals surface area contributed by atoms with Gasteiger partial charge in [-0.05, 0) is 45.4 Å². The number of likely N-dealkylation sites (tertiary alicyclic amines) is 1. The Bertz CT molecular complexity index is 673. The summed E-state index contributed by atoms with van der Waals surface area (Å²) in [5.74, 6) is 0.663. The molecule has 0 radical (unpaired) electrons. The molecule has 1 amide bonds. The third-order valence-corrected chi connectivity index (χ3v) is 4.97. The number of aliphatic hydroxyl groups is 1. The lowest BCUT2D eigenvalue weighted by Gasteiger charge is -2.52. The van der Waals surface area contributed by atoms with E-state index in [0.29, 0.717) is 29.8 Å². The minimum absolute atomic E-state index is 0.0382. The number of nitriles is 1. The fraction of sp³-hybridized carbons (Fsp3) is 0.529. The molecule has 2 aliphatic heterocycles. The molecule has 2 unspecified atom stereocenters. The number of carbonyl (C=O) groups excluding carboxylic acids is 1. The van der Waals surface area contributed by atoms with E-state index < -0.39 is 17.2 Å². The first-order valence-electron chi connectivity index (χ1n) is 7.53. The molecule has 22 heavy (non-hydrogen) atoms. The molecule has 2 heterocycles. The summed E-state index contributed by atoms with van der Waals surface area (Å²) in [5.41, 5.74) is -0.899. The van der Waals surface area contributed by atoms with E-state index in [9.17, 15) is 9.90 Å². The van der Waals surface area contributed by atoms with Gasteiger partial charge in [0.2, 0.25) is 5.91 Å². The molecule has 0 saturated carbocycles. The van der Waals surface area contributed by atoms with Crippen LogP contribution in [0.5, 0.6) is 5.75 Å². The fourth-order valence-electron chi connectivity index (χ4n) is 3.35. The van der Waals surface area contributed by atoms with Crippen molar-refractivity contribution in [1.29, 1.82) is 5.26 Å². The number of ether oxygens (including phenoxy) is 1. The summed E-state index contributed by atoms with van der Waals surface area (Å²) in [6, 6.07) is 6.76. The van der Waals surface area contributed by atoms with Gasteiger partial charge < -0.3 is 14.7 Å². The Balaban J connectivity index is 2.20. The second-order valence-corrected chi connectivity index (χ2v) is 6.72. The van der Waals surface area contributed by atoms with Gasteiger partial charge in [-0.3, -0.25) is 4.79 Å². The summed E-state index contributed by atoms with van der Waals surface area (Å²) < 4.78 is 5.96. The molecule has 0 aromatic heterocycles. The van der Waals surface area contributed by atoms with Crippen molar-refractivity contribution >= 4 is 5.91 Å². The van der Waals surface area contributed by atoms with Gasteiger partial charge in [0.05, 0.1) is 17.7 Å². The van der Waals surface area contributed by atoms with E-state index in [1.807, 2.05) is 13.8 Å². The number of hydrogen-bond acceptors (Lipinski definition) is 4. The van der Waals surface area contributed by atoms with Crippen molar-refractivity contribution in [2.45, 2.75) is 50.9 Å². The van der Waals surface area contributed by atoms with Crippen LogP contribution in [0.3, 0.4) is 0 Å². The van der Waals surface area contributed by atoms with E-state index in [0.717, 1.165) is 6.42 Å². The molecule has 116 valence electrons. The number of hydrogen-bond donors (Lipinski definition) is 1. The highest BCUT2D eigenvalue weighted by Gasteiger charge is 2.55. The number of rotatable bonds is 1. The van der Waals surface area contributed by atoms with E-state index in [1.165, 1.54) is 0 Å². The molecule has 5 heteroatoms. The topological polar surface area (TPSA) is 73.6 Å². The van der Waals surface area contributed by atoms with Crippen molar-refractivity contribution in [2.75, 3.05) is 6.54 Å². The largest absolute Gasteiger partial charge is 0.484 e. The molecule has 0 bridgehead atoms. The number of amides is 1. The van der Waals surface area contributed by atoms with Gasteiger partial charge in [-0.1, -0.05) is 0 Å². The van der Waals surface area contributed by atoms with Crippen LogP contribution in [-0.4, -0.2) is 33.7 Å². The van der Waals surface area contributed by atoms with Crippen LogP contribution < -0.4 is 4.74 Å². The monoisotopic (exact) mass is 300 g/mol. The Hall–Kier alpha value is -2.06. The summed E-state index contributed by atoms with van der Waals surface area (Å²) in [5, 5.41) is 20.3. The molecule has 0 spiro atoms. The van der Waals surface area contributed by atoms with Gasteiger partial charge >= 0.3 is 0 Å². The quantitative estimate of drug-likeness (QED) is 0.862. The Labute approximate surface area is 130 Å². The van der Waals surface area contributed by atoms with E-state index in [-0.39, 0.29) is 5.91 Å². The molecule has 1 aromatic carbocycles. The molecular formula is C17H20N2O3. The number of nitrogens with zero attached hydrogens (tertiary/aromatic N) is 2. The van der Waals surface area contributed by atoms with Crippen molar-refractivity contribution in [3.05, 3.63) is 29.3 Å². The average molecular weight is 300 g/mol. The van der Waals surface area contributed by atoms with Gasteiger partial charge in [0.1, 0.15) is 17.0 Å². The standard InChI is InChI=1S/C17H20N2O3/c1-16(2)17(3,21)15(19-8-4-5-14(19)20)12-9-11(10-18)6-7-13(12)22-16/h6-7,9,15,21H,4-5,8H2,1-3H3. The molecule has 1 N–H and O–H groups in total. The van der Waals surface area contributed by atoms with E-state index in [4.69, 9.17) is 10.00 Å². The Morgan fingerprint density at radius 3 is 2.73 bits per heavy atom. The molecule has 1 fully saturated rings. The lowest BCUT2D eigenvalue weighted by Crippen LogP contribution is -2.62. The normalized spacial score (nSPS) is 29.7. The van der Waals surface area contributed by atoms with Crippen LogP contribution in [-0.2, 0) is 4.79 Å². The number of carbonyl (C=O) groups is 1. The summed E-state index contributed by atoms with van der Waals surface area (Å²) in [6.45, 7) is 5.96. The van der Waals surface area contributed by atoms with Crippen LogP contribution in [0.2, 0.25) is 0 Å². The molecule has 5 nitrogen and oxygen atoms in total. The molecule has 3 rings (SSSR count). The van der Waals surface area contributed by atoms with Gasteiger partial charge in [-0.15, -0.1) is 0 Å². The van der Waals surface area contributed by atoms with Gasteiger partial charge in [0, 0.05) is 18.5 Å². The molecule has 1 aromatic rings. The Morgan fingerprint density at radius 1 is 1.41 bits per heavy atom. The first kappa shape index (κ1) is 14.9. The zero-order chi connectivity index (χ0) is 16.1. The summed E-state index contributed by atoms with van der Waals surface area (Å²) in [6.07, 6.45) is 1.29. The van der Waals surface area contributed by atoms with Crippen molar-refractivity contribution < 1.29 is 14.6 Å². The van der Waals surface area contributed by atoms with Crippen LogP contribution in [0, 0.1) is 11.3 Å². The van der Waals surface area contributed by atoms with Crippen molar-refractivity contribution in [3.63, 3.8) is 0 Å². The summed E-state index contributed by atoms with van der Waals surface area (Å²) in [4.78, 5) is 14.0. The zero-order valence-corrected chi connectivity index (χ0v) is 13.1. The van der Waals surface area contributed by atoms with Crippen LogP contribution >= 0.6 is 0 Å². The Kier molecular flexibility index (Phi) is 3.19.